The Morgan fingerprint density at radius 3 is 2.69 bits per heavy atom. The highest BCUT2D eigenvalue weighted by Gasteiger charge is 2.43. The minimum Gasteiger partial charge on any atom is -0.497 e. The summed E-state index contributed by atoms with van der Waals surface area (Å²) in [5.41, 5.74) is 0.836. The van der Waals surface area contributed by atoms with Crippen LogP contribution >= 0.6 is 11.6 Å². The standard InChI is InChI=1S/C23H22ClNO4/c1-28-17-7-8-21-18(14-17)20(26)15-23(29-21)10-12-25(13-11-23)22(27)9-6-16-4-2-3-5-19(16)24/h2-9,14H,10-13,15H2,1H3/b9-6+. The summed E-state index contributed by atoms with van der Waals surface area (Å²) in [4.78, 5) is 27.0. The van der Waals surface area contributed by atoms with E-state index >= 15 is 0 Å². The lowest BCUT2D eigenvalue weighted by atomic mass is 9.82. The second-order valence-corrected chi connectivity index (χ2v) is 7.83. The van der Waals surface area contributed by atoms with Gasteiger partial charge in [0.05, 0.1) is 19.1 Å². The van der Waals surface area contributed by atoms with E-state index in [0.717, 1.165) is 5.56 Å². The van der Waals surface area contributed by atoms with Gasteiger partial charge in [-0.2, -0.15) is 0 Å². The number of methoxy groups -OCH3 is 1. The van der Waals surface area contributed by atoms with Gasteiger partial charge in [0, 0.05) is 37.0 Å². The van der Waals surface area contributed by atoms with Gasteiger partial charge in [-0.1, -0.05) is 29.8 Å². The highest BCUT2D eigenvalue weighted by molar-refractivity contribution is 6.32. The molecule has 0 aromatic heterocycles. The van der Waals surface area contributed by atoms with E-state index < -0.39 is 5.60 Å². The van der Waals surface area contributed by atoms with Crippen LogP contribution in [-0.4, -0.2) is 42.4 Å². The highest BCUT2D eigenvalue weighted by Crippen LogP contribution is 2.40. The van der Waals surface area contributed by atoms with Gasteiger partial charge >= 0.3 is 0 Å². The fraction of sp³-hybridized carbons (Fsp3) is 0.304. The number of halogens is 1. The largest absolute Gasteiger partial charge is 0.497 e. The van der Waals surface area contributed by atoms with Gasteiger partial charge in [-0.3, -0.25) is 9.59 Å². The van der Waals surface area contributed by atoms with Crippen molar-refractivity contribution in [2.75, 3.05) is 20.2 Å². The molecule has 1 spiro atoms. The molecule has 2 aromatic rings. The minimum absolute atomic E-state index is 0.0588. The molecular weight excluding hydrogens is 390 g/mol. The summed E-state index contributed by atoms with van der Waals surface area (Å²) < 4.78 is 11.5. The summed E-state index contributed by atoms with van der Waals surface area (Å²) in [6.45, 7) is 1.09. The molecule has 2 heterocycles. The van der Waals surface area contributed by atoms with Gasteiger partial charge in [0.2, 0.25) is 5.91 Å². The van der Waals surface area contributed by atoms with Crippen LogP contribution in [0.1, 0.15) is 35.2 Å². The van der Waals surface area contributed by atoms with E-state index in [1.165, 1.54) is 0 Å². The Bertz CT molecular complexity index is 977. The Kier molecular flexibility index (Phi) is 5.33. The first kappa shape index (κ1) is 19.5. The quantitative estimate of drug-likeness (QED) is 0.703. The van der Waals surface area contributed by atoms with Crippen molar-refractivity contribution in [3.05, 3.63) is 64.7 Å². The van der Waals surface area contributed by atoms with Crippen molar-refractivity contribution in [3.8, 4) is 11.5 Å². The average molecular weight is 412 g/mol. The number of ether oxygens (including phenoxy) is 2. The summed E-state index contributed by atoms with van der Waals surface area (Å²) in [6.07, 6.45) is 4.85. The molecule has 2 aliphatic rings. The van der Waals surface area contributed by atoms with Gasteiger partial charge in [0.1, 0.15) is 17.1 Å². The first-order valence-electron chi connectivity index (χ1n) is 9.61. The number of benzene rings is 2. The zero-order valence-corrected chi connectivity index (χ0v) is 16.9. The summed E-state index contributed by atoms with van der Waals surface area (Å²) >= 11 is 6.13. The molecule has 1 amide bonds. The predicted molar refractivity (Wildman–Crippen MR) is 112 cm³/mol. The highest BCUT2D eigenvalue weighted by atomic mass is 35.5. The molecule has 29 heavy (non-hydrogen) atoms. The number of carbonyl (C=O) groups is 2. The van der Waals surface area contributed by atoms with Crippen LogP contribution < -0.4 is 9.47 Å². The first-order chi connectivity index (χ1) is 14.0. The molecule has 4 rings (SSSR count). The van der Waals surface area contributed by atoms with E-state index in [9.17, 15) is 9.59 Å². The van der Waals surface area contributed by atoms with Gasteiger partial charge < -0.3 is 14.4 Å². The number of hydrogen-bond donors (Lipinski definition) is 0. The van der Waals surface area contributed by atoms with Crippen LogP contribution in [0.25, 0.3) is 6.08 Å². The number of carbonyl (C=O) groups excluding carboxylic acids is 2. The van der Waals surface area contributed by atoms with E-state index in [0.29, 0.717) is 54.4 Å². The van der Waals surface area contributed by atoms with Gasteiger partial charge in [-0.15, -0.1) is 0 Å². The first-order valence-corrected chi connectivity index (χ1v) is 9.99. The Labute approximate surface area is 174 Å². The topological polar surface area (TPSA) is 55.8 Å². The molecule has 5 nitrogen and oxygen atoms in total. The van der Waals surface area contributed by atoms with Crippen molar-refractivity contribution in [2.24, 2.45) is 0 Å². The summed E-state index contributed by atoms with van der Waals surface area (Å²) in [7, 11) is 1.57. The Balaban J connectivity index is 1.42. The van der Waals surface area contributed by atoms with Crippen LogP contribution in [0, 0.1) is 0 Å². The molecule has 0 aliphatic carbocycles. The number of amides is 1. The number of nitrogens with zero attached hydrogens (tertiary/aromatic N) is 1. The maximum absolute atomic E-state index is 12.7. The van der Waals surface area contributed by atoms with E-state index in [-0.39, 0.29) is 11.7 Å². The zero-order valence-electron chi connectivity index (χ0n) is 16.2. The number of hydrogen-bond acceptors (Lipinski definition) is 4. The fourth-order valence-electron chi connectivity index (χ4n) is 3.89. The lowest BCUT2D eigenvalue weighted by Crippen LogP contribution is -2.52. The van der Waals surface area contributed by atoms with Crippen molar-refractivity contribution in [1.29, 1.82) is 0 Å². The molecule has 0 atom stereocenters. The molecule has 2 aromatic carbocycles. The van der Waals surface area contributed by atoms with Crippen LogP contribution in [0.2, 0.25) is 5.02 Å². The molecule has 1 saturated heterocycles. The van der Waals surface area contributed by atoms with Crippen LogP contribution in [-0.2, 0) is 4.79 Å². The van der Waals surface area contributed by atoms with Crippen LogP contribution in [0.15, 0.2) is 48.5 Å². The van der Waals surface area contributed by atoms with Crippen molar-refractivity contribution in [1.82, 2.24) is 4.90 Å². The molecule has 0 radical (unpaired) electrons. The number of Topliss-reactive ketones (excluding diaryl/α,β-unsaturated/α-hetero) is 1. The summed E-state index contributed by atoms with van der Waals surface area (Å²) in [5, 5.41) is 0.610. The third-order valence-corrected chi connectivity index (χ3v) is 5.94. The molecule has 0 saturated carbocycles. The van der Waals surface area contributed by atoms with Crippen molar-refractivity contribution in [3.63, 3.8) is 0 Å². The van der Waals surface area contributed by atoms with Crippen molar-refractivity contribution < 1.29 is 19.1 Å². The number of likely N-dealkylation sites (tertiary alicyclic amines) is 1. The maximum Gasteiger partial charge on any atom is 0.246 e. The molecule has 6 heteroatoms. The van der Waals surface area contributed by atoms with Crippen LogP contribution in [0.5, 0.6) is 11.5 Å². The molecule has 0 unspecified atom stereocenters. The predicted octanol–water partition coefficient (Wildman–Crippen LogP) is 4.39. The Morgan fingerprint density at radius 1 is 1.21 bits per heavy atom. The second kappa shape index (κ2) is 7.91. The van der Waals surface area contributed by atoms with Gasteiger partial charge in [-0.05, 0) is 35.9 Å². The molecule has 150 valence electrons. The van der Waals surface area contributed by atoms with Crippen LogP contribution in [0.3, 0.4) is 0 Å². The molecule has 2 aliphatic heterocycles. The lowest BCUT2D eigenvalue weighted by molar-refractivity contribution is -0.129. The normalized spacial score (nSPS) is 17.9. The van der Waals surface area contributed by atoms with Gasteiger partial charge in [0.25, 0.3) is 0 Å². The second-order valence-electron chi connectivity index (χ2n) is 7.43. The van der Waals surface area contributed by atoms with Gasteiger partial charge in [-0.25, -0.2) is 0 Å². The fourth-order valence-corrected chi connectivity index (χ4v) is 4.09. The zero-order chi connectivity index (χ0) is 20.4. The van der Waals surface area contributed by atoms with Gasteiger partial charge in [0.15, 0.2) is 5.78 Å². The monoisotopic (exact) mass is 411 g/mol. The van der Waals surface area contributed by atoms with E-state index in [2.05, 4.69) is 0 Å². The third-order valence-electron chi connectivity index (χ3n) is 5.59. The van der Waals surface area contributed by atoms with Crippen molar-refractivity contribution >= 4 is 29.4 Å². The summed E-state index contributed by atoms with van der Waals surface area (Å²) in [5.74, 6) is 1.23. The third kappa shape index (κ3) is 4.01. The Hall–Kier alpha value is -2.79. The number of fused-ring (bicyclic) bond motifs is 1. The van der Waals surface area contributed by atoms with Crippen LogP contribution in [0.4, 0.5) is 0 Å². The smallest absolute Gasteiger partial charge is 0.246 e. The molecule has 1 fully saturated rings. The van der Waals surface area contributed by atoms with E-state index in [1.807, 2.05) is 18.2 Å². The number of rotatable bonds is 3. The number of piperidine rings is 1. The van der Waals surface area contributed by atoms with E-state index in [1.54, 1.807) is 48.4 Å². The molecular formula is C23H22ClNO4. The SMILES string of the molecule is COc1ccc2c(c1)C(=O)CC1(CCN(C(=O)/C=C/c3ccccc3Cl)CC1)O2. The minimum atomic E-state index is -0.540. The number of ketones is 1. The average Bonchev–Trinajstić information content (AvgIpc) is 2.73. The van der Waals surface area contributed by atoms with E-state index in [4.69, 9.17) is 21.1 Å². The summed E-state index contributed by atoms with van der Waals surface area (Å²) in [6, 6.07) is 12.7. The Morgan fingerprint density at radius 2 is 1.97 bits per heavy atom. The van der Waals surface area contributed by atoms with Crippen molar-refractivity contribution in [2.45, 2.75) is 24.9 Å². The molecule has 0 N–H and O–H groups in total. The lowest BCUT2D eigenvalue weighted by Gasteiger charge is -2.43. The molecule has 0 bridgehead atoms. The maximum atomic E-state index is 12.7.